The van der Waals surface area contributed by atoms with Crippen LogP contribution in [0.15, 0.2) is 36.4 Å². The Hall–Kier alpha value is -2.24. The summed E-state index contributed by atoms with van der Waals surface area (Å²) in [6.07, 6.45) is 2.81. The lowest BCUT2D eigenvalue weighted by Crippen LogP contribution is -2.31. The molecule has 2 aromatic rings. The van der Waals surface area contributed by atoms with Crippen molar-refractivity contribution in [2.24, 2.45) is 5.92 Å². The van der Waals surface area contributed by atoms with Gasteiger partial charge in [0.1, 0.15) is 0 Å². The van der Waals surface area contributed by atoms with Crippen LogP contribution >= 0.6 is 24.0 Å². The monoisotopic (exact) mass is 421 g/mol. The van der Waals surface area contributed by atoms with Crippen molar-refractivity contribution in [3.05, 3.63) is 58.1 Å². The van der Waals surface area contributed by atoms with Crippen LogP contribution in [0, 0.1) is 5.92 Å². The van der Waals surface area contributed by atoms with E-state index < -0.39 is 0 Å². The Morgan fingerprint density at radius 2 is 1.93 bits per heavy atom. The Morgan fingerprint density at radius 3 is 2.64 bits per heavy atom. The van der Waals surface area contributed by atoms with Crippen molar-refractivity contribution in [3.8, 4) is 0 Å². The van der Waals surface area contributed by atoms with E-state index in [-0.39, 0.29) is 36.2 Å². The normalized spacial score (nSPS) is 15.4. The summed E-state index contributed by atoms with van der Waals surface area (Å²) >= 11 is 6.24. The predicted octanol–water partition coefficient (Wildman–Crippen LogP) is 4.75. The fourth-order valence-corrected chi connectivity index (χ4v) is 3.49. The molecule has 0 aromatic heterocycles. The standard InChI is InChI=1S/C21H24ClN3O2.ClH/c1-12(2)20(26)24-15-7-9-18(22)17(11-15)21(27)25-19-5-3-4-13-10-14(23)6-8-16(13)19;/h6-12,19H,3-5,23H2,1-2H3,(H,24,26)(H,25,27);1H. The highest BCUT2D eigenvalue weighted by molar-refractivity contribution is 6.34. The lowest BCUT2D eigenvalue weighted by molar-refractivity contribution is -0.118. The fraction of sp³-hybridized carbons (Fsp3) is 0.333. The molecule has 4 N–H and O–H groups in total. The first kappa shape index (κ1) is 22.1. The third kappa shape index (κ3) is 4.97. The average Bonchev–Trinajstić information content (AvgIpc) is 2.63. The molecule has 2 amide bonds. The second kappa shape index (κ2) is 9.30. The zero-order chi connectivity index (χ0) is 19.6. The van der Waals surface area contributed by atoms with E-state index in [4.69, 9.17) is 17.3 Å². The molecule has 0 fully saturated rings. The highest BCUT2D eigenvalue weighted by Gasteiger charge is 2.23. The summed E-state index contributed by atoms with van der Waals surface area (Å²) in [5, 5.41) is 6.23. The van der Waals surface area contributed by atoms with Crippen LogP contribution < -0.4 is 16.4 Å². The second-order valence-corrected chi connectivity index (χ2v) is 7.62. The van der Waals surface area contributed by atoms with Gasteiger partial charge in [0.15, 0.2) is 0 Å². The van der Waals surface area contributed by atoms with Crippen molar-refractivity contribution in [1.82, 2.24) is 5.32 Å². The molecule has 0 bridgehead atoms. The Bertz CT molecular complexity index is 884. The molecule has 7 heteroatoms. The Kier molecular flexibility index (Phi) is 7.33. The molecule has 5 nitrogen and oxygen atoms in total. The molecule has 1 atom stereocenters. The van der Waals surface area contributed by atoms with Crippen LogP contribution in [0.4, 0.5) is 11.4 Å². The number of hydrogen-bond acceptors (Lipinski definition) is 3. The molecule has 2 aromatic carbocycles. The zero-order valence-corrected chi connectivity index (χ0v) is 17.5. The molecule has 0 saturated carbocycles. The van der Waals surface area contributed by atoms with Gasteiger partial charge in [-0.25, -0.2) is 0 Å². The minimum absolute atomic E-state index is 0. The van der Waals surface area contributed by atoms with Crippen LogP contribution in [0.2, 0.25) is 5.02 Å². The van der Waals surface area contributed by atoms with Gasteiger partial charge in [-0.05, 0) is 60.7 Å². The largest absolute Gasteiger partial charge is 0.399 e. The third-order valence-electron chi connectivity index (χ3n) is 4.79. The molecule has 0 radical (unpaired) electrons. The maximum atomic E-state index is 12.8. The van der Waals surface area contributed by atoms with Gasteiger partial charge in [-0.15, -0.1) is 12.4 Å². The van der Waals surface area contributed by atoms with Crippen molar-refractivity contribution >= 4 is 47.2 Å². The SMILES string of the molecule is CC(C)C(=O)Nc1ccc(Cl)c(C(=O)NC2CCCc3cc(N)ccc32)c1.Cl. The molecule has 0 aliphatic heterocycles. The lowest BCUT2D eigenvalue weighted by atomic mass is 9.87. The molecule has 1 aliphatic carbocycles. The molecule has 3 rings (SSSR count). The molecule has 0 saturated heterocycles. The number of nitrogens with one attached hydrogen (secondary N) is 2. The van der Waals surface area contributed by atoms with Gasteiger partial charge < -0.3 is 16.4 Å². The first-order valence-corrected chi connectivity index (χ1v) is 9.52. The maximum Gasteiger partial charge on any atom is 0.253 e. The Morgan fingerprint density at radius 1 is 1.18 bits per heavy atom. The van der Waals surface area contributed by atoms with E-state index in [2.05, 4.69) is 10.6 Å². The third-order valence-corrected chi connectivity index (χ3v) is 5.12. The highest BCUT2D eigenvalue weighted by atomic mass is 35.5. The van der Waals surface area contributed by atoms with Gasteiger partial charge in [0.05, 0.1) is 16.6 Å². The van der Waals surface area contributed by atoms with Gasteiger partial charge in [-0.2, -0.15) is 0 Å². The quantitative estimate of drug-likeness (QED) is 0.622. The summed E-state index contributed by atoms with van der Waals surface area (Å²) in [5.41, 5.74) is 9.79. The van der Waals surface area contributed by atoms with E-state index in [9.17, 15) is 9.59 Å². The van der Waals surface area contributed by atoms with Crippen molar-refractivity contribution < 1.29 is 9.59 Å². The Labute approximate surface area is 176 Å². The summed E-state index contributed by atoms with van der Waals surface area (Å²) in [6, 6.07) is 10.7. The lowest BCUT2D eigenvalue weighted by Gasteiger charge is -2.27. The predicted molar refractivity (Wildman–Crippen MR) is 116 cm³/mol. The molecule has 150 valence electrons. The van der Waals surface area contributed by atoms with Crippen LogP contribution in [-0.2, 0) is 11.2 Å². The minimum atomic E-state index is -0.254. The van der Waals surface area contributed by atoms with Crippen LogP contribution in [-0.4, -0.2) is 11.8 Å². The number of benzene rings is 2. The Balaban J connectivity index is 0.00000280. The van der Waals surface area contributed by atoms with Gasteiger partial charge in [-0.3, -0.25) is 9.59 Å². The number of fused-ring (bicyclic) bond motifs is 1. The van der Waals surface area contributed by atoms with Crippen LogP contribution in [0.25, 0.3) is 0 Å². The summed E-state index contributed by atoms with van der Waals surface area (Å²) in [6.45, 7) is 3.62. The number of hydrogen-bond donors (Lipinski definition) is 3. The molecular weight excluding hydrogens is 397 g/mol. The number of carbonyl (C=O) groups excluding carboxylic acids is 2. The van der Waals surface area contributed by atoms with E-state index in [1.807, 2.05) is 32.0 Å². The maximum absolute atomic E-state index is 12.8. The van der Waals surface area contributed by atoms with E-state index >= 15 is 0 Å². The average molecular weight is 422 g/mol. The number of amides is 2. The van der Waals surface area contributed by atoms with Gasteiger partial charge in [-0.1, -0.05) is 31.5 Å². The molecule has 28 heavy (non-hydrogen) atoms. The fourth-order valence-electron chi connectivity index (χ4n) is 3.28. The highest BCUT2D eigenvalue weighted by Crippen LogP contribution is 2.32. The van der Waals surface area contributed by atoms with Crippen LogP contribution in [0.3, 0.4) is 0 Å². The number of nitrogen functional groups attached to an aromatic ring is 1. The number of nitrogens with two attached hydrogens (primary N) is 1. The number of rotatable bonds is 4. The first-order valence-electron chi connectivity index (χ1n) is 9.14. The van der Waals surface area contributed by atoms with Crippen LogP contribution in [0.5, 0.6) is 0 Å². The minimum Gasteiger partial charge on any atom is -0.399 e. The summed E-state index contributed by atoms with van der Waals surface area (Å²) in [5.74, 6) is -0.512. The zero-order valence-electron chi connectivity index (χ0n) is 15.9. The van der Waals surface area contributed by atoms with Crippen molar-refractivity contribution in [2.75, 3.05) is 11.1 Å². The summed E-state index contributed by atoms with van der Waals surface area (Å²) in [7, 11) is 0. The molecule has 0 spiro atoms. The summed E-state index contributed by atoms with van der Waals surface area (Å²) < 4.78 is 0. The number of carbonyl (C=O) groups is 2. The van der Waals surface area contributed by atoms with Crippen LogP contribution in [0.1, 0.15) is 54.2 Å². The molecular formula is C21H25Cl2N3O2. The smallest absolute Gasteiger partial charge is 0.253 e. The van der Waals surface area contributed by atoms with Gasteiger partial charge in [0.25, 0.3) is 5.91 Å². The number of halogens is 2. The van der Waals surface area contributed by atoms with Crippen molar-refractivity contribution in [3.63, 3.8) is 0 Å². The topological polar surface area (TPSA) is 84.2 Å². The second-order valence-electron chi connectivity index (χ2n) is 7.22. The van der Waals surface area contributed by atoms with Gasteiger partial charge in [0, 0.05) is 17.3 Å². The van der Waals surface area contributed by atoms with Gasteiger partial charge in [0.2, 0.25) is 5.91 Å². The van der Waals surface area contributed by atoms with E-state index in [1.54, 1.807) is 18.2 Å². The summed E-state index contributed by atoms with van der Waals surface area (Å²) in [4.78, 5) is 24.8. The van der Waals surface area contributed by atoms with Gasteiger partial charge >= 0.3 is 0 Å². The van der Waals surface area contributed by atoms with E-state index in [0.29, 0.717) is 16.3 Å². The van der Waals surface area contributed by atoms with E-state index in [0.717, 1.165) is 30.5 Å². The molecule has 0 heterocycles. The molecule has 1 aliphatic rings. The van der Waals surface area contributed by atoms with Crippen molar-refractivity contribution in [1.29, 1.82) is 0 Å². The number of anilines is 2. The van der Waals surface area contributed by atoms with E-state index in [1.165, 1.54) is 5.56 Å². The number of aryl methyl sites for hydroxylation is 1. The van der Waals surface area contributed by atoms with Crippen molar-refractivity contribution in [2.45, 2.75) is 39.2 Å². The first-order chi connectivity index (χ1) is 12.8. The molecule has 1 unspecified atom stereocenters.